The fourth-order valence-electron chi connectivity index (χ4n) is 5.38. The second-order valence-corrected chi connectivity index (χ2v) is 11.5. The Hall–Kier alpha value is -2.57. The van der Waals surface area contributed by atoms with Crippen molar-refractivity contribution in [3.8, 4) is 0 Å². The van der Waals surface area contributed by atoms with Crippen molar-refractivity contribution in [3.63, 3.8) is 0 Å². The van der Waals surface area contributed by atoms with E-state index in [0.29, 0.717) is 32.5 Å². The van der Waals surface area contributed by atoms with E-state index in [-0.39, 0.29) is 48.5 Å². The lowest BCUT2D eigenvalue weighted by Crippen LogP contribution is -2.51. The summed E-state index contributed by atoms with van der Waals surface area (Å²) in [7, 11) is 0. The molecule has 0 aromatic carbocycles. The van der Waals surface area contributed by atoms with Crippen LogP contribution in [-0.2, 0) is 33.3 Å². The molecule has 3 heterocycles. The largest absolute Gasteiger partial charge is 0.459 e. The first-order chi connectivity index (χ1) is 19.4. The molecule has 0 aliphatic carbocycles. The van der Waals surface area contributed by atoms with E-state index in [1.807, 2.05) is 26.0 Å². The summed E-state index contributed by atoms with van der Waals surface area (Å²) < 4.78 is 22.9. The number of hydrogen-bond donors (Lipinski definition) is 4. The monoisotopic (exact) mass is 577 g/mol. The Morgan fingerprint density at radius 1 is 1.20 bits per heavy atom. The lowest BCUT2D eigenvalue weighted by molar-refractivity contribution is -0.145. The normalized spacial score (nSPS) is 34.5. The van der Waals surface area contributed by atoms with Gasteiger partial charge in [0.05, 0.1) is 37.4 Å². The van der Waals surface area contributed by atoms with Crippen LogP contribution in [0.3, 0.4) is 0 Å². The average Bonchev–Trinajstić information content (AvgIpc) is 3.68. The molecule has 3 rings (SSSR count). The number of esters is 1. The highest BCUT2D eigenvalue weighted by molar-refractivity contribution is 5.87. The molecular weight excluding hydrogens is 530 g/mol. The van der Waals surface area contributed by atoms with Crippen molar-refractivity contribution in [2.24, 2.45) is 11.7 Å². The molecule has 1 spiro atoms. The van der Waals surface area contributed by atoms with Gasteiger partial charge in [-0.25, -0.2) is 0 Å². The van der Waals surface area contributed by atoms with Crippen molar-refractivity contribution in [3.05, 3.63) is 36.0 Å². The first-order valence-corrected chi connectivity index (χ1v) is 14.5. The molecule has 0 aromatic heterocycles. The first kappa shape index (κ1) is 32.9. The number of epoxide rings is 1. The number of aliphatic hydroxyl groups excluding tert-OH is 1. The number of allylic oxidation sites excluding steroid dienone is 2. The second-order valence-electron chi connectivity index (χ2n) is 11.5. The second kappa shape index (κ2) is 15.1. The number of nitrogens with two attached hydrogens (primary N) is 1. The number of rotatable bonds is 12. The van der Waals surface area contributed by atoms with Crippen LogP contribution in [0.1, 0.15) is 60.3 Å². The standard InChI is InChI=1S/C30H47N3O8/c1-18(7-10-26-29(37)30(17-38-30)16-23(41-26)15-28(36)32-13-12-31)6-9-25-19(2)14-24(21(4)40-25)33-27(35)11-8-20(3)39-22(5)34/h6-8,10-11,19-21,23-26,29,37H,9,12-17,31H2,1-5H3,(H,32,36)(H,33,35)/b10-7+,11-8?,18-6+/t19-,20?,21+,23+,24+,25-,26+,29+,30+/m0/s1. The Balaban J connectivity index is 1.49. The molecular formula is C30H47N3O8. The SMILES string of the molecule is CC(=O)OC(C)C=CC(=O)N[C@@H]1C[C@H](C)[C@H](C/C=C(C)/C=C/[C@H]2O[C@H](CC(=O)NCCN)C[C@@]3(CO3)[C@@H]2O)O[C@@H]1C. The fourth-order valence-corrected chi connectivity index (χ4v) is 5.38. The lowest BCUT2D eigenvalue weighted by Gasteiger charge is -2.39. The zero-order valence-corrected chi connectivity index (χ0v) is 24.8. The molecule has 0 bridgehead atoms. The molecule has 0 aromatic rings. The summed E-state index contributed by atoms with van der Waals surface area (Å²) in [6.45, 7) is 10.3. The summed E-state index contributed by atoms with van der Waals surface area (Å²) in [5, 5.41) is 16.6. The lowest BCUT2D eigenvalue weighted by atomic mass is 9.87. The van der Waals surface area contributed by atoms with Gasteiger partial charge in [0, 0.05) is 32.5 Å². The van der Waals surface area contributed by atoms with Gasteiger partial charge in [0.1, 0.15) is 23.9 Å². The van der Waals surface area contributed by atoms with Gasteiger partial charge in [-0.2, -0.15) is 0 Å². The van der Waals surface area contributed by atoms with E-state index >= 15 is 0 Å². The Bertz CT molecular complexity index is 1010. The van der Waals surface area contributed by atoms with Crippen LogP contribution in [0.2, 0.25) is 0 Å². The molecule has 5 N–H and O–H groups in total. The van der Waals surface area contributed by atoms with Crippen LogP contribution < -0.4 is 16.4 Å². The number of carbonyl (C=O) groups excluding carboxylic acids is 3. The molecule has 3 aliphatic rings. The van der Waals surface area contributed by atoms with Crippen LogP contribution >= 0.6 is 0 Å². The molecule has 2 amide bonds. The van der Waals surface area contributed by atoms with E-state index in [4.69, 9.17) is 24.7 Å². The van der Waals surface area contributed by atoms with Crippen molar-refractivity contribution in [1.29, 1.82) is 0 Å². The molecule has 0 saturated carbocycles. The maximum atomic E-state index is 12.4. The Kier molecular flexibility index (Phi) is 12.1. The fraction of sp³-hybridized carbons (Fsp3) is 0.700. The first-order valence-electron chi connectivity index (χ1n) is 14.5. The number of amides is 2. The zero-order valence-electron chi connectivity index (χ0n) is 24.8. The topological polar surface area (TPSA) is 162 Å². The van der Waals surface area contributed by atoms with Crippen LogP contribution in [0.25, 0.3) is 0 Å². The van der Waals surface area contributed by atoms with Crippen molar-refractivity contribution in [2.75, 3.05) is 19.7 Å². The van der Waals surface area contributed by atoms with E-state index in [2.05, 4.69) is 23.6 Å². The van der Waals surface area contributed by atoms with Gasteiger partial charge in [-0.15, -0.1) is 0 Å². The van der Waals surface area contributed by atoms with Crippen molar-refractivity contribution in [1.82, 2.24) is 10.6 Å². The van der Waals surface area contributed by atoms with Gasteiger partial charge in [-0.3, -0.25) is 14.4 Å². The van der Waals surface area contributed by atoms with Crippen LogP contribution in [0.5, 0.6) is 0 Å². The molecule has 3 fully saturated rings. The molecule has 3 saturated heterocycles. The third-order valence-electron chi connectivity index (χ3n) is 7.80. The molecule has 11 nitrogen and oxygen atoms in total. The quantitative estimate of drug-likeness (QED) is 0.116. The van der Waals surface area contributed by atoms with Crippen molar-refractivity contribution < 1.29 is 38.4 Å². The highest BCUT2D eigenvalue weighted by atomic mass is 16.6. The van der Waals surface area contributed by atoms with Crippen LogP contribution in [0.15, 0.2) is 36.0 Å². The minimum absolute atomic E-state index is 0.00268. The average molecular weight is 578 g/mol. The Labute approximate surface area is 242 Å². The highest BCUT2D eigenvalue weighted by Crippen LogP contribution is 2.43. The van der Waals surface area contributed by atoms with Crippen LogP contribution in [0, 0.1) is 5.92 Å². The smallest absolute Gasteiger partial charge is 0.303 e. The predicted octanol–water partition coefficient (Wildman–Crippen LogP) is 1.44. The summed E-state index contributed by atoms with van der Waals surface area (Å²) in [5.74, 6) is -0.559. The maximum Gasteiger partial charge on any atom is 0.303 e. The molecule has 230 valence electrons. The van der Waals surface area contributed by atoms with Crippen molar-refractivity contribution >= 4 is 17.8 Å². The maximum absolute atomic E-state index is 12.4. The number of nitrogens with one attached hydrogen (secondary N) is 2. The van der Waals surface area contributed by atoms with Gasteiger partial charge in [0.2, 0.25) is 11.8 Å². The molecule has 9 atom stereocenters. The highest BCUT2D eigenvalue weighted by Gasteiger charge is 2.58. The van der Waals surface area contributed by atoms with Gasteiger partial charge < -0.3 is 40.4 Å². The third kappa shape index (κ3) is 10.0. The summed E-state index contributed by atoms with van der Waals surface area (Å²) in [5.41, 5.74) is 5.82. The van der Waals surface area contributed by atoms with Crippen LogP contribution in [-0.4, -0.2) is 90.9 Å². The molecule has 41 heavy (non-hydrogen) atoms. The Morgan fingerprint density at radius 3 is 2.59 bits per heavy atom. The summed E-state index contributed by atoms with van der Waals surface area (Å²) in [6.07, 6.45) is 8.56. The van der Waals surface area contributed by atoms with E-state index in [9.17, 15) is 19.5 Å². The van der Waals surface area contributed by atoms with Gasteiger partial charge in [0.15, 0.2) is 0 Å². The predicted molar refractivity (Wildman–Crippen MR) is 153 cm³/mol. The number of ether oxygens (including phenoxy) is 4. The van der Waals surface area contributed by atoms with Gasteiger partial charge in [0.25, 0.3) is 0 Å². The van der Waals surface area contributed by atoms with Gasteiger partial charge in [-0.1, -0.05) is 30.7 Å². The Morgan fingerprint density at radius 2 is 1.93 bits per heavy atom. The minimum atomic E-state index is -0.802. The molecule has 0 radical (unpaired) electrons. The molecule has 11 heteroatoms. The third-order valence-corrected chi connectivity index (χ3v) is 7.80. The molecule has 1 unspecified atom stereocenters. The van der Waals surface area contributed by atoms with E-state index < -0.39 is 29.9 Å². The van der Waals surface area contributed by atoms with E-state index in [1.165, 1.54) is 13.0 Å². The zero-order chi connectivity index (χ0) is 30.2. The van der Waals surface area contributed by atoms with Gasteiger partial charge >= 0.3 is 5.97 Å². The summed E-state index contributed by atoms with van der Waals surface area (Å²) in [6, 6.07) is -0.125. The molecule has 3 aliphatic heterocycles. The number of carbonyl (C=O) groups is 3. The van der Waals surface area contributed by atoms with E-state index in [0.717, 1.165) is 12.0 Å². The van der Waals surface area contributed by atoms with Crippen LogP contribution in [0.4, 0.5) is 0 Å². The summed E-state index contributed by atoms with van der Waals surface area (Å²) in [4.78, 5) is 35.6. The number of aliphatic hydroxyl groups is 1. The van der Waals surface area contributed by atoms with E-state index in [1.54, 1.807) is 13.0 Å². The number of hydrogen-bond acceptors (Lipinski definition) is 9. The van der Waals surface area contributed by atoms with Crippen molar-refractivity contribution in [2.45, 2.75) is 109 Å². The summed E-state index contributed by atoms with van der Waals surface area (Å²) >= 11 is 0. The minimum Gasteiger partial charge on any atom is -0.459 e. The van der Waals surface area contributed by atoms with Gasteiger partial charge in [-0.05, 0) is 45.6 Å².